The average molecular weight is 358 g/mol. The van der Waals surface area contributed by atoms with E-state index >= 15 is 0 Å². The fraction of sp³-hybridized carbons (Fsp3) is 0.0909. The average Bonchev–Trinajstić information content (AvgIpc) is 3.11. The maximum absolute atomic E-state index is 12.5. The molecule has 0 aliphatic heterocycles. The van der Waals surface area contributed by atoms with Crippen molar-refractivity contribution in [2.45, 2.75) is 6.42 Å². The highest BCUT2D eigenvalue weighted by atomic mass is 16.3. The molecular weight excluding hydrogens is 340 g/mol. The van der Waals surface area contributed by atoms with E-state index in [0.29, 0.717) is 11.3 Å². The van der Waals surface area contributed by atoms with E-state index in [1.165, 1.54) is 0 Å². The van der Waals surface area contributed by atoms with Gasteiger partial charge in [0.15, 0.2) is 0 Å². The smallest absolute Gasteiger partial charge is 0.251 e. The lowest BCUT2D eigenvalue weighted by Gasteiger charge is -2.06. The summed E-state index contributed by atoms with van der Waals surface area (Å²) in [5.74, 6) is -0.303. The second-order valence-electron chi connectivity index (χ2n) is 6.30. The quantitative estimate of drug-likeness (QED) is 0.576. The third-order valence-corrected chi connectivity index (χ3v) is 4.55. The Morgan fingerprint density at radius 3 is 2.52 bits per heavy atom. The summed E-state index contributed by atoms with van der Waals surface area (Å²) in [5.41, 5.74) is 2.81. The van der Waals surface area contributed by atoms with Crippen LogP contribution in [0.1, 0.15) is 15.9 Å². The number of rotatable bonds is 4. The fourth-order valence-corrected chi connectivity index (χ4v) is 3.23. The first-order valence-corrected chi connectivity index (χ1v) is 8.65. The number of anilines is 1. The molecule has 5 heteroatoms. The Hall–Kier alpha value is -3.60. The summed E-state index contributed by atoms with van der Waals surface area (Å²) in [5, 5.41) is 8.58. The number of carbonyl (C=O) groups excluding carboxylic acids is 2. The van der Waals surface area contributed by atoms with E-state index in [0.717, 1.165) is 27.3 Å². The van der Waals surface area contributed by atoms with Crippen LogP contribution in [0, 0.1) is 0 Å². The third-order valence-electron chi connectivity index (χ3n) is 4.55. The first-order chi connectivity index (χ1) is 13.2. The van der Waals surface area contributed by atoms with Gasteiger partial charge in [-0.25, -0.2) is 0 Å². The van der Waals surface area contributed by atoms with Gasteiger partial charge in [0.1, 0.15) is 5.58 Å². The van der Waals surface area contributed by atoms with Crippen molar-refractivity contribution in [3.05, 3.63) is 78.1 Å². The second-order valence-corrected chi connectivity index (χ2v) is 6.30. The zero-order valence-corrected chi connectivity index (χ0v) is 14.8. The van der Waals surface area contributed by atoms with Crippen molar-refractivity contribution in [2.75, 3.05) is 12.4 Å². The molecule has 5 nitrogen and oxygen atoms in total. The van der Waals surface area contributed by atoms with Crippen LogP contribution in [0.15, 0.2) is 71.3 Å². The van der Waals surface area contributed by atoms with E-state index in [1.54, 1.807) is 37.6 Å². The second kappa shape index (κ2) is 6.96. The maximum Gasteiger partial charge on any atom is 0.251 e. The lowest BCUT2D eigenvalue weighted by Crippen LogP contribution is -2.18. The molecule has 2 amide bonds. The molecule has 27 heavy (non-hydrogen) atoms. The van der Waals surface area contributed by atoms with Crippen molar-refractivity contribution in [1.82, 2.24) is 5.32 Å². The van der Waals surface area contributed by atoms with Crippen molar-refractivity contribution in [3.63, 3.8) is 0 Å². The monoisotopic (exact) mass is 358 g/mol. The molecule has 0 saturated heterocycles. The van der Waals surface area contributed by atoms with Crippen molar-refractivity contribution >= 4 is 39.2 Å². The summed E-state index contributed by atoms with van der Waals surface area (Å²) < 4.78 is 5.64. The molecule has 4 rings (SSSR count). The molecule has 0 radical (unpaired) electrons. The van der Waals surface area contributed by atoms with Crippen LogP contribution in [0.5, 0.6) is 0 Å². The summed E-state index contributed by atoms with van der Waals surface area (Å²) in [6.07, 6.45) is 1.85. The van der Waals surface area contributed by atoms with Crippen LogP contribution in [-0.4, -0.2) is 18.9 Å². The summed E-state index contributed by atoms with van der Waals surface area (Å²) in [6.45, 7) is 0. The van der Waals surface area contributed by atoms with Gasteiger partial charge in [0.2, 0.25) is 5.91 Å². The number of benzene rings is 3. The van der Waals surface area contributed by atoms with Gasteiger partial charge in [0.25, 0.3) is 5.91 Å². The summed E-state index contributed by atoms with van der Waals surface area (Å²) >= 11 is 0. The van der Waals surface area contributed by atoms with Gasteiger partial charge in [-0.05, 0) is 41.1 Å². The highest BCUT2D eigenvalue weighted by Gasteiger charge is 2.13. The summed E-state index contributed by atoms with van der Waals surface area (Å²) in [7, 11) is 1.58. The van der Waals surface area contributed by atoms with Crippen LogP contribution in [-0.2, 0) is 11.2 Å². The van der Waals surface area contributed by atoms with E-state index in [4.69, 9.17) is 4.42 Å². The van der Waals surface area contributed by atoms with E-state index in [-0.39, 0.29) is 18.2 Å². The van der Waals surface area contributed by atoms with Crippen molar-refractivity contribution < 1.29 is 14.0 Å². The molecule has 2 N–H and O–H groups in total. The number of furan rings is 1. The van der Waals surface area contributed by atoms with Crippen LogP contribution in [0.3, 0.4) is 0 Å². The van der Waals surface area contributed by atoms with Gasteiger partial charge >= 0.3 is 0 Å². The van der Waals surface area contributed by atoms with Crippen LogP contribution in [0.4, 0.5) is 5.69 Å². The minimum absolute atomic E-state index is 0.140. The Morgan fingerprint density at radius 2 is 1.74 bits per heavy atom. The number of fused-ring (bicyclic) bond motifs is 3. The van der Waals surface area contributed by atoms with Gasteiger partial charge in [0.05, 0.1) is 12.7 Å². The lowest BCUT2D eigenvalue weighted by atomic mass is 10.0. The van der Waals surface area contributed by atoms with E-state index in [9.17, 15) is 9.59 Å². The highest BCUT2D eigenvalue weighted by molar-refractivity contribution is 6.09. The van der Waals surface area contributed by atoms with Crippen molar-refractivity contribution in [1.29, 1.82) is 0 Å². The van der Waals surface area contributed by atoms with Crippen molar-refractivity contribution in [2.24, 2.45) is 0 Å². The summed E-state index contributed by atoms with van der Waals surface area (Å²) in [6, 6.07) is 18.8. The molecule has 0 bridgehead atoms. The van der Waals surface area contributed by atoms with Gasteiger partial charge in [-0.1, -0.05) is 30.3 Å². The number of nitrogens with one attached hydrogen (secondary N) is 2. The summed E-state index contributed by atoms with van der Waals surface area (Å²) in [4.78, 5) is 24.1. The Labute approximate surface area is 156 Å². The molecule has 1 heterocycles. The van der Waals surface area contributed by atoms with Crippen LogP contribution >= 0.6 is 0 Å². The van der Waals surface area contributed by atoms with Gasteiger partial charge < -0.3 is 15.1 Å². The Balaban J connectivity index is 1.56. The minimum atomic E-state index is -0.162. The third kappa shape index (κ3) is 3.27. The van der Waals surface area contributed by atoms with E-state index in [1.807, 2.05) is 36.4 Å². The number of amides is 2. The SMILES string of the molecule is CNC(=O)c1ccc(NC(=O)Cc2coc3ccc4ccccc4c23)cc1. The Morgan fingerprint density at radius 1 is 0.963 bits per heavy atom. The Kier molecular flexibility index (Phi) is 4.34. The standard InChI is InChI=1S/C22H18N2O3/c1-23-22(26)15-6-9-17(10-7-15)24-20(25)12-16-13-27-19-11-8-14-4-2-3-5-18(14)21(16)19/h2-11,13H,12H2,1H3,(H,23,26)(H,24,25). The molecule has 0 aliphatic carbocycles. The van der Waals surface area contributed by atoms with Crippen LogP contribution in [0.25, 0.3) is 21.7 Å². The molecule has 0 atom stereocenters. The van der Waals surface area contributed by atoms with Gasteiger partial charge in [-0.3, -0.25) is 9.59 Å². The number of carbonyl (C=O) groups is 2. The fourth-order valence-electron chi connectivity index (χ4n) is 3.23. The molecule has 1 aromatic heterocycles. The number of hydrogen-bond acceptors (Lipinski definition) is 3. The first kappa shape index (κ1) is 16.8. The van der Waals surface area contributed by atoms with Gasteiger partial charge in [-0.15, -0.1) is 0 Å². The van der Waals surface area contributed by atoms with E-state index in [2.05, 4.69) is 10.6 Å². The normalized spacial score (nSPS) is 10.9. The lowest BCUT2D eigenvalue weighted by molar-refractivity contribution is -0.115. The zero-order valence-electron chi connectivity index (χ0n) is 14.8. The minimum Gasteiger partial charge on any atom is -0.464 e. The largest absolute Gasteiger partial charge is 0.464 e. The predicted octanol–water partition coefficient (Wildman–Crippen LogP) is 4.13. The zero-order chi connectivity index (χ0) is 18.8. The van der Waals surface area contributed by atoms with Crippen molar-refractivity contribution in [3.8, 4) is 0 Å². The Bertz CT molecular complexity index is 1140. The van der Waals surface area contributed by atoms with Gasteiger partial charge in [0, 0.05) is 29.2 Å². The molecule has 3 aromatic carbocycles. The van der Waals surface area contributed by atoms with E-state index < -0.39 is 0 Å². The molecule has 0 spiro atoms. The molecule has 0 aliphatic rings. The maximum atomic E-state index is 12.5. The first-order valence-electron chi connectivity index (χ1n) is 8.65. The number of hydrogen-bond donors (Lipinski definition) is 2. The molecule has 0 saturated carbocycles. The molecule has 0 unspecified atom stereocenters. The molecular formula is C22H18N2O3. The van der Waals surface area contributed by atoms with Crippen LogP contribution in [0.2, 0.25) is 0 Å². The molecule has 4 aromatic rings. The molecule has 134 valence electrons. The van der Waals surface area contributed by atoms with Crippen LogP contribution < -0.4 is 10.6 Å². The molecule has 0 fully saturated rings. The van der Waals surface area contributed by atoms with Gasteiger partial charge in [-0.2, -0.15) is 0 Å². The predicted molar refractivity (Wildman–Crippen MR) is 106 cm³/mol. The highest BCUT2D eigenvalue weighted by Crippen LogP contribution is 2.30. The topological polar surface area (TPSA) is 71.3 Å².